The van der Waals surface area contributed by atoms with E-state index in [2.05, 4.69) is 95.4 Å². The van der Waals surface area contributed by atoms with E-state index >= 15 is 0 Å². The standard InChI is InChI=1S/C23H33N/c1-7-22(4,5)18-10-14-20(15-11-18)24-21-16-12-19(13-17-21)23(6,8-2)9-3/h10-17,24H,7-9H2,1-6H3. The van der Waals surface area contributed by atoms with Crippen molar-refractivity contribution in [3.63, 3.8) is 0 Å². The van der Waals surface area contributed by atoms with Crippen LogP contribution in [0.2, 0.25) is 0 Å². The smallest absolute Gasteiger partial charge is 0.0384 e. The Morgan fingerprint density at radius 2 is 1.04 bits per heavy atom. The molecule has 0 heterocycles. The molecule has 0 aliphatic rings. The Balaban J connectivity index is 2.12. The zero-order valence-corrected chi connectivity index (χ0v) is 16.2. The Kier molecular flexibility index (Phi) is 5.74. The van der Waals surface area contributed by atoms with E-state index in [0.717, 1.165) is 17.8 Å². The molecule has 0 amide bonds. The molecule has 0 aromatic heterocycles. The molecule has 0 saturated heterocycles. The SMILES string of the molecule is CCC(C)(C)c1ccc(Nc2ccc(C(C)(CC)CC)cc2)cc1. The third kappa shape index (κ3) is 4.01. The highest BCUT2D eigenvalue weighted by molar-refractivity contribution is 5.60. The Hall–Kier alpha value is -1.76. The predicted molar refractivity (Wildman–Crippen MR) is 107 cm³/mol. The fraction of sp³-hybridized carbons (Fsp3) is 0.478. The first-order valence-electron chi connectivity index (χ1n) is 9.32. The number of hydrogen-bond acceptors (Lipinski definition) is 1. The Bertz CT molecular complexity index is 631. The highest BCUT2D eigenvalue weighted by Gasteiger charge is 2.21. The summed E-state index contributed by atoms with van der Waals surface area (Å²) in [5.74, 6) is 0. The lowest BCUT2D eigenvalue weighted by Crippen LogP contribution is -2.19. The van der Waals surface area contributed by atoms with Gasteiger partial charge in [-0.1, -0.05) is 65.8 Å². The summed E-state index contributed by atoms with van der Waals surface area (Å²) in [5, 5.41) is 3.52. The lowest BCUT2D eigenvalue weighted by molar-refractivity contribution is 0.439. The lowest BCUT2D eigenvalue weighted by atomic mass is 9.78. The van der Waals surface area contributed by atoms with Crippen molar-refractivity contribution in [2.75, 3.05) is 5.32 Å². The third-order valence-electron chi connectivity index (χ3n) is 5.98. The Morgan fingerprint density at radius 1 is 0.625 bits per heavy atom. The minimum Gasteiger partial charge on any atom is -0.356 e. The second-order valence-electron chi connectivity index (χ2n) is 7.78. The van der Waals surface area contributed by atoms with Crippen molar-refractivity contribution in [3.05, 3.63) is 59.7 Å². The van der Waals surface area contributed by atoms with Gasteiger partial charge in [0, 0.05) is 11.4 Å². The van der Waals surface area contributed by atoms with Gasteiger partial charge >= 0.3 is 0 Å². The van der Waals surface area contributed by atoms with Crippen LogP contribution in [0.1, 0.15) is 71.9 Å². The van der Waals surface area contributed by atoms with Crippen LogP contribution in [0, 0.1) is 0 Å². The molecular formula is C23H33N. The van der Waals surface area contributed by atoms with Gasteiger partial charge in [0.05, 0.1) is 0 Å². The zero-order chi connectivity index (χ0) is 17.8. The fourth-order valence-corrected chi connectivity index (χ4v) is 2.99. The van der Waals surface area contributed by atoms with Crippen LogP contribution < -0.4 is 5.32 Å². The molecule has 0 unspecified atom stereocenters. The van der Waals surface area contributed by atoms with Crippen molar-refractivity contribution in [2.24, 2.45) is 0 Å². The quantitative estimate of drug-likeness (QED) is 0.568. The average molecular weight is 324 g/mol. The van der Waals surface area contributed by atoms with Gasteiger partial charge in [-0.15, -0.1) is 0 Å². The molecule has 2 aromatic carbocycles. The fourth-order valence-electron chi connectivity index (χ4n) is 2.99. The molecule has 1 N–H and O–H groups in total. The van der Waals surface area contributed by atoms with Gasteiger partial charge in [-0.2, -0.15) is 0 Å². The van der Waals surface area contributed by atoms with E-state index in [1.807, 2.05) is 0 Å². The van der Waals surface area contributed by atoms with Crippen LogP contribution in [0.15, 0.2) is 48.5 Å². The summed E-state index contributed by atoms with van der Waals surface area (Å²) in [5.41, 5.74) is 5.64. The van der Waals surface area contributed by atoms with Crippen LogP contribution in [0.4, 0.5) is 11.4 Å². The van der Waals surface area contributed by atoms with Crippen LogP contribution in [0.3, 0.4) is 0 Å². The second-order valence-corrected chi connectivity index (χ2v) is 7.78. The van der Waals surface area contributed by atoms with Crippen molar-refractivity contribution in [1.29, 1.82) is 0 Å². The van der Waals surface area contributed by atoms with Crippen molar-refractivity contribution in [1.82, 2.24) is 0 Å². The minimum absolute atomic E-state index is 0.241. The van der Waals surface area contributed by atoms with Crippen LogP contribution in [-0.2, 0) is 10.8 Å². The summed E-state index contributed by atoms with van der Waals surface area (Å²) in [6, 6.07) is 17.8. The Labute approximate surface area is 148 Å². The normalized spacial score (nSPS) is 12.2. The van der Waals surface area contributed by atoms with E-state index in [4.69, 9.17) is 0 Å². The minimum atomic E-state index is 0.241. The maximum atomic E-state index is 3.52. The van der Waals surface area contributed by atoms with Crippen molar-refractivity contribution in [2.45, 2.75) is 71.6 Å². The molecule has 2 rings (SSSR count). The van der Waals surface area contributed by atoms with Gasteiger partial charge in [0.15, 0.2) is 0 Å². The van der Waals surface area contributed by atoms with Crippen LogP contribution in [0.5, 0.6) is 0 Å². The van der Waals surface area contributed by atoms with Gasteiger partial charge in [0.1, 0.15) is 0 Å². The van der Waals surface area contributed by atoms with Gasteiger partial charge in [-0.05, 0) is 65.5 Å². The van der Waals surface area contributed by atoms with Gasteiger partial charge < -0.3 is 5.32 Å². The molecule has 0 atom stereocenters. The molecule has 0 saturated carbocycles. The van der Waals surface area contributed by atoms with E-state index in [1.165, 1.54) is 24.0 Å². The van der Waals surface area contributed by atoms with Crippen molar-refractivity contribution >= 4 is 11.4 Å². The topological polar surface area (TPSA) is 12.0 Å². The summed E-state index contributed by atoms with van der Waals surface area (Å²) in [6.45, 7) is 13.7. The summed E-state index contributed by atoms with van der Waals surface area (Å²) in [6.07, 6.45) is 3.49. The van der Waals surface area contributed by atoms with E-state index in [-0.39, 0.29) is 10.8 Å². The molecule has 130 valence electrons. The van der Waals surface area contributed by atoms with Gasteiger partial charge in [0.25, 0.3) is 0 Å². The molecule has 1 heteroatoms. The average Bonchev–Trinajstić information content (AvgIpc) is 2.62. The zero-order valence-electron chi connectivity index (χ0n) is 16.2. The van der Waals surface area contributed by atoms with E-state index in [0.29, 0.717) is 0 Å². The summed E-state index contributed by atoms with van der Waals surface area (Å²) in [7, 11) is 0. The van der Waals surface area contributed by atoms with Crippen molar-refractivity contribution in [3.8, 4) is 0 Å². The van der Waals surface area contributed by atoms with Crippen molar-refractivity contribution < 1.29 is 0 Å². The third-order valence-corrected chi connectivity index (χ3v) is 5.98. The van der Waals surface area contributed by atoms with E-state index in [1.54, 1.807) is 0 Å². The highest BCUT2D eigenvalue weighted by Crippen LogP contribution is 2.32. The molecule has 0 aliphatic heterocycles. The van der Waals surface area contributed by atoms with Crippen LogP contribution in [0.25, 0.3) is 0 Å². The predicted octanol–water partition coefficient (Wildman–Crippen LogP) is 7.20. The van der Waals surface area contributed by atoms with Gasteiger partial charge in [-0.25, -0.2) is 0 Å². The van der Waals surface area contributed by atoms with Gasteiger partial charge in [-0.3, -0.25) is 0 Å². The summed E-state index contributed by atoms with van der Waals surface area (Å²) in [4.78, 5) is 0. The Morgan fingerprint density at radius 3 is 1.42 bits per heavy atom. The molecule has 0 spiro atoms. The summed E-state index contributed by atoms with van der Waals surface area (Å²) >= 11 is 0. The summed E-state index contributed by atoms with van der Waals surface area (Å²) < 4.78 is 0. The van der Waals surface area contributed by atoms with Gasteiger partial charge in [0.2, 0.25) is 0 Å². The molecule has 1 nitrogen and oxygen atoms in total. The maximum Gasteiger partial charge on any atom is 0.0384 e. The maximum absolute atomic E-state index is 3.52. The lowest BCUT2D eigenvalue weighted by Gasteiger charge is -2.27. The number of nitrogens with one attached hydrogen (secondary N) is 1. The number of benzene rings is 2. The van der Waals surface area contributed by atoms with E-state index in [9.17, 15) is 0 Å². The van der Waals surface area contributed by atoms with E-state index < -0.39 is 0 Å². The molecule has 2 aromatic rings. The monoisotopic (exact) mass is 323 g/mol. The van der Waals surface area contributed by atoms with Crippen LogP contribution in [-0.4, -0.2) is 0 Å². The largest absolute Gasteiger partial charge is 0.356 e. The molecule has 0 radical (unpaired) electrons. The number of rotatable bonds is 7. The first kappa shape index (κ1) is 18.6. The van der Waals surface area contributed by atoms with Crippen LogP contribution >= 0.6 is 0 Å². The molecule has 0 aliphatic carbocycles. The first-order chi connectivity index (χ1) is 11.3. The number of hydrogen-bond donors (Lipinski definition) is 1. The molecular weight excluding hydrogens is 290 g/mol. The molecule has 0 fully saturated rings. The molecule has 24 heavy (non-hydrogen) atoms. The second kappa shape index (κ2) is 7.42. The number of anilines is 2. The first-order valence-corrected chi connectivity index (χ1v) is 9.32. The molecule has 0 bridgehead atoms. The highest BCUT2D eigenvalue weighted by atomic mass is 14.9.